The van der Waals surface area contributed by atoms with Crippen LogP contribution in [0.25, 0.3) is 0 Å². The van der Waals surface area contributed by atoms with Crippen LogP contribution in [-0.4, -0.2) is 83.3 Å². The first-order valence-electron chi connectivity index (χ1n) is 13.5. The van der Waals surface area contributed by atoms with Gasteiger partial charge in [-0.1, -0.05) is 27.7 Å². The highest BCUT2D eigenvalue weighted by molar-refractivity contribution is 5.97. The molecule has 234 valence electrons. The van der Waals surface area contributed by atoms with Gasteiger partial charge in [-0.3, -0.25) is 29.4 Å². The molecule has 13 N–H and O–H groups in total. The van der Waals surface area contributed by atoms with Gasteiger partial charge in [0.05, 0.1) is 12.5 Å². The Labute approximate surface area is 240 Å². The predicted octanol–water partition coefficient (Wildman–Crippen LogP) is -2.41. The van der Waals surface area contributed by atoms with Crippen molar-refractivity contribution in [3.63, 3.8) is 0 Å². The lowest BCUT2D eigenvalue weighted by Crippen LogP contribution is -2.58. The fourth-order valence-electron chi connectivity index (χ4n) is 3.74. The van der Waals surface area contributed by atoms with E-state index in [2.05, 4.69) is 26.6 Å². The molecule has 0 fully saturated rings. The van der Waals surface area contributed by atoms with E-state index in [1.165, 1.54) is 6.92 Å². The summed E-state index contributed by atoms with van der Waals surface area (Å²) >= 11 is 0. The van der Waals surface area contributed by atoms with Crippen LogP contribution in [0.1, 0.15) is 66.7 Å². The van der Waals surface area contributed by atoms with Crippen LogP contribution in [0.2, 0.25) is 0 Å². The van der Waals surface area contributed by atoms with E-state index in [1.807, 2.05) is 27.7 Å². The molecule has 0 radical (unpaired) electrons. The van der Waals surface area contributed by atoms with Crippen molar-refractivity contribution >= 4 is 41.5 Å². The summed E-state index contributed by atoms with van der Waals surface area (Å²) in [5, 5.41) is 28.7. The van der Waals surface area contributed by atoms with Crippen molar-refractivity contribution in [1.29, 1.82) is 5.41 Å². The summed E-state index contributed by atoms with van der Waals surface area (Å²) in [7, 11) is 0. The van der Waals surface area contributed by atoms with Gasteiger partial charge in [-0.2, -0.15) is 0 Å². The average molecular weight is 586 g/mol. The van der Waals surface area contributed by atoms with Gasteiger partial charge in [-0.15, -0.1) is 0 Å². The molecule has 0 spiro atoms. The van der Waals surface area contributed by atoms with E-state index in [0.717, 1.165) is 0 Å². The maximum atomic E-state index is 13.1. The zero-order valence-corrected chi connectivity index (χ0v) is 24.4. The van der Waals surface area contributed by atoms with Gasteiger partial charge < -0.3 is 48.9 Å². The SMILES string of the molecule is CC(C)C[C@H](NC(=O)[C@@H](N)CC(C)C)C(=O)N[C@@H](CC(N)=O)C(=O)N[C@@H](C)C(=O)N[C@@H](CCCNC(=N)N)C(=O)O. The fourth-order valence-corrected chi connectivity index (χ4v) is 3.74. The molecule has 16 nitrogen and oxygen atoms in total. The minimum Gasteiger partial charge on any atom is -0.480 e. The number of hydrogen-bond donors (Lipinski definition) is 10. The number of aliphatic carboxylic acids is 1. The Bertz CT molecular complexity index is 942. The first-order chi connectivity index (χ1) is 18.9. The normalized spacial score (nSPS) is 14.6. The first-order valence-corrected chi connectivity index (χ1v) is 13.5. The molecule has 0 aliphatic rings. The summed E-state index contributed by atoms with van der Waals surface area (Å²) < 4.78 is 0. The Hall–Kier alpha value is -3.95. The van der Waals surface area contributed by atoms with Crippen LogP contribution in [0.4, 0.5) is 0 Å². The van der Waals surface area contributed by atoms with Crippen molar-refractivity contribution in [1.82, 2.24) is 26.6 Å². The number of rotatable bonds is 19. The van der Waals surface area contributed by atoms with Crippen LogP contribution in [0, 0.1) is 17.2 Å². The van der Waals surface area contributed by atoms with E-state index in [1.54, 1.807) is 0 Å². The van der Waals surface area contributed by atoms with Crippen molar-refractivity contribution in [3.8, 4) is 0 Å². The smallest absolute Gasteiger partial charge is 0.326 e. The van der Waals surface area contributed by atoms with Crippen molar-refractivity contribution < 1.29 is 33.9 Å². The van der Waals surface area contributed by atoms with E-state index >= 15 is 0 Å². The van der Waals surface area contributed by atoms with Gasteiger partial charge in [0.25, 0.3) is 0 Å². The van der Waals surface area contributed by atoms with Crippen molar-refractivity contribution in [2.24, 2.45) is 29.0 Å². The Kier molecular flexibility index (Phi) is 16.6. The van der Waals surface area contributed by atoms with Crippen LogP contribution in [0.5, 0.6) is 0 Å². The molecule has 0 aliphatic heterocycles. The highest BCUT2D eigenvalue weighted by Crippen LogP contribution is 2.09. The zero-order valence-electron chi connectivity index (χ0n) is 24.4. The molecule has 0 saturated heterocycles. The quantitative estimate of drug-likeness (QED) is 0.0435. The third kappa shape index (κ3) is 16.0. The minimum absolute atomic E-state index is 0.0200. The molecule has 16 heteroatoms. The Morgan fingerprint density at radius 2 is 1.24 bits per heavy atom. The maximum absolute atomic E-state index is 13.1. The van der Waals surface area contributed by atoms with E-state index in [4.69, 9.17) is 22.6 Å². The minimum atomic E-state index is -1.47. The average Bonchev–Trinajstić information content (AvgIpc) is 2.83. The molecule has 0 rings (SSSR count). The number of nitrogens with one attached hydrogen (secondary N) is 6. The Morgan fingerprint density at radius 3 is 1.73 bits per heavy atom. The van der Waals surface area contributed by atoms with Crippen molar-refractivity contribution in [3.05, 3.63) is 0 Å². The Balaban J connectivity index is 5.44. The molecular formula is C25H47N9O7. The van der Waals surface area contributed by atoms with E-state index < -0.39 is 72.1 Å². The molecule has 41 heavy (non-hydrogen) atoms. The largest absolute Gasteiger partial charge is 0.480 e. The number of nitrogens with two attached hydrogens (primary N) is 3. The zero-order chi connectivity index (χ0) is 31.9. The van der Waals surface area contributed by atoms with Crippen LogP contribution in [0.3, 0.4) is 0 Å². The second kappa shape index (κ2) is 18.4. The molecule has 0 aromatic heterocycles. The molecule has 0 aromatic rings. The summed E-state index contributed by atoms with van der Waals surface area (Å²) in [6, 6.07) is -5.90. The Morgan fingerprint density at radius 1 is 0.732 bits per heavy atom. The topological polar surface area (TPSA) is 285 Å². The van der Waals surface area contributed by atoms with Crippen molar-refractivity contribution in [2.45, 2.75) is 96.9 Å². The number of carboxylic acids is 1. The first kappa shape index (κ1) is 37.0. The van der Waals surface area contributed by atoms with Gasteiger partial charge in [0.2, 0.25) is 29.5 Å². The highest BCUT2D eigenvalue weighted by atomic mass is 16.4. The maximum Gasteiger partial charge on any atom is 0.326 e. The van der Waals surface area contributed by atoms with Crippen molar-refractivity contribution in [2.75, 3.05) is 6.54 Å². The number of hydrogen-bond acceptors (Lipinski definition) is 8. The van der Waals surface area contributed by atoms with Gasteiger partial charge in [0, 0.05) is 6.54 Å². The van der Waals surface area contributed by atoms with E-state index in [-0.39, 0.29) is 43.6 Å². The second-order valence-corrected chi connectivity index (χ2v) is 10.8. The number of carbonyl (C=O) groups is 6. The summed E-state index contributed by atoms with van der Waals surface area (Å²) in [6.45, 7) is 8.98. The van der Waals surface area contributed by atoms with Gasteiger partial charge in [0.1, 0.15) is 24.2 Å². The van der Waals surface area contributed by atoms with E-state index in [9.17, 15) is 33.9 Å². The number of primary amides is 1. The van der Waals surface area contributed by atoms with Crippen LogP contribution < -0.4 is 43.8 Å². The van der Waals surface area contributed by atoms with Crippen LogP contribution in [-0.2, 0) is 28.8 Å². The summed E-state index contributed by atoms with van der Waals surface area (Å²) in [5.41, 5.74) is 16.4. The molecular weight excluding hydrogens is 538 g/mol. The molecule has 0 unspecified atom stereocenters. The molecule has 5 amide bonds. The summed E-state index contributed by atoms with van der Waals surface area (Å²) in [4.78, 5) is 74.4. The highest BCUT2D eigenvalue weighted by Gasteiger charge is 2.31. The molecule has 0 aliphatic carbocycles. The predicted molar refractivity (Wildman–Crippen MR) is 151 cm³/mol. The van der Waals surface area contributed by atoms with Crippen LogP contribution >= 0.6 is 0 Å². The van der Waals surface area contributed by atoms with Crippen LogP contribution in [0.15, 0.2) is 0 Å². The van der Waals surface area contributed by atoms with Gasteiger partial charge >= 0.3 is 5.97 Å². The second-order valence-electron chi connectivity index (χ2n) is 10.8. The lowest BCUT2D eigenvalue weighted by atomic mass is 10.00. The summed E-state index contributed by atoms with van der Waals surface area (Å²) in [6.07, 6.45) is 0.315. The summed E-state index contributed by atoms with van der Waals surface area (Å²) in [5.74, 6) is -5.38. The molecule has 0 saturated carbocycles. The molecule has 5 atom stereocenters. The third-order valence-electron chi connectivity index (χ3n) is 5.79. The number of guanidine groups is 1. The van der Waals surface area contributed by atoms with E-state index in [0.29, 0.717) is 6.42 Å². The third-order valence-corrected chi connectivity index (χ3v) is 5.79. The lowest BCUT2D eigenvalue weighted by molar-refractivity contribution is -0.142. The fraction of sp³-hybridized carbons (Fsp3) is 0.720. The van der Waals surface area contributed by atoms with Gasteiger partial charge in [-0.05, 0) is 44.4 Å². The molecule has 0 aromatic carbocycles. The van der Waals surface area contributed by atoms with Gasteiger partial charge in [0.15, 0.2) is 5.96 Å². The number of carboxylic acid groups (broad SMARTS) is 1. The number of amides is 5. The molecule has 0 bridgehead atoms. The molecule has 0 heterocycles. The monoisotopic (exact) mass is 585 g/mol. The van der Waals surface area contributed by atoms with Gasteiger partial charge in [-0.25, -0.2) is 4.79 Å². The number of carbonyl (C=O) groups excluding carboxylic acids is 5. The lowest BCUT2D eigenvalue weighted by Gasteiger charge is -2.26. The standard InChI is InChI=1S/C25H47N9O7/c1-12(2)9-15(26)21(37)33-17(10-13(3)4)23(39)34-18(11-19(27)35)22(38)31-14(5)20(36)32-16(24(40)41)7-6-8-30-25(28)29/h12-18H,6-11,26H2,1-5H3,(H2,27,35)(H,31,38)(H,32,36)(H,33,37)(H,34,39)(H,40,41)(H4,28,29,30)/t14-,15-,16-,17-,18-/m0/s1.